The Bertz CT molecular complexity index is 533. The van der Waals surface area contributed by atoms with Gasteiger partial charge in [0.25, 0.3) is 0 Å². The number of anilines is 1. The van der Waals surface area contributed by atoms with E-state index in [1.54, 1.807) is 0 Å². The van der Waals surface area contributed by atoms with Gasteiger partial charge < -0.3 is 15.7 Å². The van der Waals surface area contributed by atoms with Crippen molar-refractivity contribution in [2.24, 2.45) is 5.92 Å². The number of benzene rings is 1. The molecule has 0 saturated carbocycles. The number of amides is 1. The van der Waals surface area contributed by atoms with Crippen LogP contribution < -0.4 is 10.6 Å². The van der Waals surface area contributed by atoms with Gasteiger partial charge in [0.05, 0.1) is 22.3 Å². The lowest BCUT2D eigenvalue weighted by molar-refractivity contribution is -0.119. The minimum absolute atomic E-state index is 0.0920. The minimum Gasteiger partial charge on any atom is -0.478 e. The second-order valence-corrected chi connectivity index (χ2v) is 5.45. The molecule has 0 bridgehead atoms. The lowest BCUT2D eigenvalue weighted by atomic mass is 9.92. The Kier molecular flexibility index (Phi) is 4.62. The van der Waals surface area contributed by atoms with Crippen molar-refractivity contribution in [1.82, 2.24) is 5.32 Å². The quantitative estimate of drug-likeness (QED) is 0.800. The molecule has 1 fully saturated rings. The first-order valence-electron chi connectivity index (χ1n) is 6.56. The smallest absolute Gasteiger partial charge is 0.335 e. The summed E-state index contributed by atoms with van der Waals surface area (Å²) in [5, 5.41) is 15.2. The third-order valence-corrected chi connectivity index (χ3v) is 3.85. The maximum absolute atomic E-state index is 12.2. The van der Waals surface area contributed by atoms with E-state index >= 15 is 0 Å². The van der Waals surface area contributed by atoms with E-state index in [0.717, 1.165) is 19.4 Å². The number of carboxylic acids is 1. The summed E-state index contributed by atoms with van der Waals surface area (Å²) < 4.78 is 0. The maximum Gasteiger partial charge on any atom is 0.335 e. The van der Waals surface area contributed by atoms with Crippen molar-refractivity contribution in [3.05, 3.63) is 28.8 Å². The van der Waals surface area contributed by atoms with Gasteiger partial charge >= 0.3 is 5.97 Å². The Labute approximate surface area is 122 Å². The van der Waals surface area contributed by atoms with E-state index in [4.69, 9.17) is 16.7 Å². The van der Waals surface area contributed by atoms with Crippen molar-refractivity contribution >= 4 is 29.2 Å². The van der Waals surface area contributed by atoms with Crippen molar-refractivity contribution in [2.75, 3.05) is 11.9 Å². The standard InChI is InChI=1S/C14H17ClN2O3/c1-8-3-2-6-16-12(8)13(18)17-11-7-9(14(19)20)4-5-10(11)15/h4-5,7-8,12,16H,2-3,6H2,1H3,(H,17,18)(H,19,20). The van der Waals surface area contributed by atoms with Crippen molar-refractivity contribution in [1.29, 1.82) is 0 Å². The molecule has 0 radical (unpaired) electrons. The zero-order chi connectivity index (χ0) is 14.7. The number of halogens is 1. The van der Waals surface area contributed by atoms with E-state index in [1.807, 2.05) is 6.92 Å². The molecule has 1 aromatic carbocycles. The van der Waals surface area contributed by atoms with Gasteiger partial charge in [-0.15, -0.1) is 0 Å². The van der Waals surface area contributed by atoms with Gasteiger partial charge in [-0.1, -0.05) is 18.5 Å². The fraction of sp³-hybridized carbons (Fsp3) is 0.429. The molecule has 2 atom stereocenters. The Hall–Kier alpha value is -1.59. The summed E-state index contributed by atoms with van der Waals surface area (Å²) in [6, 6.07) is 3.98. The summed E-state index contributed by atoms with van der Waals surface area (Å²) in [7, 11) is 0. The average Bonchev–Trinajstić information content (AvgIpc) is 2.41. The fourth-order valence-corrected chi connectivity index (χ4v) is 2.53. The van der Waals surface area contributed by atoms with Gasteiger partial charge in [0.15, 0.2) is 0 Å². The molecule has 1 aliphatic rings. The lowest BCUT2D eigenvalue weighted by Gasteiger charge is -2.29. The molecular weight excluding hydrogens is 280 g/mol. The van der Waals surface area contributed by atoms with E-state index in [1.165, 1.54) is 18.2 Å². The van der Waals surface area contributed by atoms with Crippen LogP contribution in [0.3, 0.4) is 0 Å². The molecule has 2 unspecified atom stereocenters. The number of aromatic carboxylic acids is 1. The van der Waals surface area contributed by atoms with E-state index in [9.17, 15) is 9.59 Å². The maximum atomic E-state index is 12.2. The second kappa shape index (κ2) is 6.24. The van der Waals surface area contributed by atoms with Crippen LogP contribution in [0.5, 0.6) is 0 Å². The number of hydrogen-bond donors (Lipinski definition) is 3. The summed E-state index contributed by atoms with van der Waals surface area (Å²) in [4.78, 5) is 23.2. The molecule has 3 N–H and O–H groups in total. The molecule has 0 spiro atoms. The number of carbonyl (C=O) groups is 2. The number of rotatable bonds is 3. The number of carbonyl (C=O) groups excluding carboxylic acids is 1. The van der Waals surface area contributed by atoms with Gasteiger partial charge in [-0.05, 0) is 43.5 Å². The molecule has 0 aromatic heterocycles. The van der Waals surface area contributed by atoms with Crippen molar-refractivity contribution < 1.29 is 14.7 Å². The molecule has 1 aromatic rings. The Morgan fingerprint density at radius 2 is 2.20 bits per heavy atom. The first-order chi connectivity index (χ1) is 9.49. The molecule has 6 heteroatoms. The van der Waals surface area contributed by atoms with Crippen LogP contribution in [0.25, 0.3) is 0 Å². The SMILES string of the molecule is CC1CCCNC1C(=O)Nc1cc(C(=O)O)ccc1Cl. The first-order valence-corrected chi connectivity index (χ1v) is 6.94. The third-order valence-electron chi connectivity index (χ3n) is 3.52. The van der Waals surface area contributed by atoms with E-state index < -0.39 is 5.97 Å². The van der Waals surface area contributed by atoms with Crippen LogP contribution in [0, 0.1) is 5.92 Å². The molecule has 0 aliphatic carbocycles. The highest BCUT2D eigenvalue weighted by molar-refractivity contribution is 6.33. The molecular formula is C14H17ClN2O3. The highest BCUT2D eigenvalue weighted by atomic mass is 35.5. The van der Waals surface area contributed by atoms with Gasteiger partial charge in [0, 0.05) is 0 Å². The Morgan fingerprint density at radius 3 is 2.85 bits per heavy atom. The lowest BCUT2D eigenvalue weighted by Crippen LogP contribution is -2.48. The van der Waals surface area contributed by atoms with Crippen LogP contribution in [0.1, 0.15) is 30.1 Å². The summed E-state index contributed by atoms with van der Waals surface area (Å²) >= 11 is 5.99. The number of carboxylic acid groups (broad SMARTS) is 1. The molecule has 20 heavy (non-hydrogen) atoms. The van der Waals surface area contributed by atoms with Crippen LogP contribution in [0.4, 0.5) is 5.69 Å². The predicted molar refractivity (Wildman–Crippen MR) is 77.2 cm³/mol. The minimum atomic E-state index is -1.05. The summed E-state index contributed by atoms with van der Waals surface area (Å²) in [5.41, 5.74) is 0.422. The Balaban J connectivity index is 2.14. The van der Waals surface area contributed by atoms with Gasteiger partial charge in [0.2, 0.25) is 5.91 Å². The Morgan fingerprint density at radius 1 is 1.45 bits per heavy atom. The molecule has 5 nitrogen and oxygen atoms in total. The number of piperidine rings is 1. The predicted octanol–water partition coefficient (Wildman–Crippen LogP) is 2.36. The van der Waals surface area contributed by atoms with Crippen LogP contribution >= 0.6 is 11.6 Å². The molecule has 108 valence electrons. The van der Waals surface area contributed by atoms with Gasteiger partial charge in [-0.3, -0.25) is 4.79 Å². The normalized spacial score (nSPS) is 22.3. The highest BCUT2D eigenvalue weighted by Gasteiger charge is 2.27. The zero-order valence-electron chi connectivity index (χ0n) is 11.1. The van der Waals surface area contributed by atoms with E-state index in [0.29, 0.717) is 10.7 Å². The van der Waals surface area contributed by atoms with Crippen LogP contribution in [0.15, 0.2) is 18.2 Å². The average molecular weight is 297 g/mol. The van der Waals surface area contributed by atoms with Gasteiger partial charge in [-0.2, -0.15) is 0 Å². The molecule has 1 saturated heterocycles. The molecule has 1 amide bonds. The van der Waals surface area contributed by atoms with Gasteiger partial charge in [0.1, 0.15) is 0 Å². The zero-order valence-corrected chi connectivity index (χ0v) is 11.9. The summed E-state index contributed by atoms with van der Waals surface area (Å²) in [6.45, 7) is 2.83. The van der Waals surface area contributed by atoms with Crippen LogP contribution in [-0.4, -0.2) is 29.6 Å². The number of hydrogen-bond acceptors (Lipinski definition) is 3. The van der Waals surface area contributed by atoms with Crippen molar-refractivity contribution in [3.8, 4) is 0 Å². The topological polar surface area (TPSA) is 78.4 Å². The summed E-state index contributed by atoms with van der Waals surface area (Å²) in [6.07, 6.45) is 2.05. The summed E-state index contributed by atoms with van der Waals surface area (Å²) in [5.74, 6) is -0.992. The molecule has 2 rings (SSSR count). The second-order valence-electron chi connectivity index (χ2n) is 5.04. The fourth-order valence-electron chi connectivity index (χ4n) is 2.37. The molecule has 1 heterocycles. The van der Waals surface area contributed by atoms with Crippen molar-refractivity contribution in [3.63, 3.8) is 0 Å². The largest absolute Gasteiger partial charge is 0.478 e. The van der Waals surface area contributed by atoms with Gasteiger partial charge in [-0.25, -0.2) is 4.79 Å². The van der Waals surface area contributed by atoms with E-state index in [2.05, 4.69) is 10.6 Å². The monoisotopic (exact) mass is 296 g/mol. The van der Waals surface area contributed by atoms with Crippen molar-refractivity contribution in [2.45, 2.75) is 25.8 Å². The molecule has 1 aliphatic heterocycles. The van der Waals surface area contributed by atoms with Crippen LogP contribution in [-0.2, 0) is 4.79 Å². The first kappa shape index (κ1) is 14.8. The van der Waals surface area contributed by atoms with Crippen LogP contribution in [0.2, 0.25) is 5.02 Å². The van der Waals surface area contributed by atoms with E-state index in [-0.39, 0.29) is 23.4 Å². The third kappa shape index (κ3) is 3.29. The number of nitrogens with one attached hydrogen (secondary N) is 2. The highest BCUT2D eigenvalue weighted by Crippen LogP contribution is 2.24.